The lowest BCUT2D eigenvalue weighted by Crippen LogP contribution is -2.41. The highest BCUT2D eigenvalue weighted by Gasteiger charge is 2.20. The van der Waals surface area contributed by atoms with Crippen molar-refractivity contribution in [2.24, 2.45) is 5.41 Å². The number of aliphatic hydroxyl groups is 1. The van der Waals surface area contributed by atoms with E-state index in [2.05, 4.69) is 27.8 Å². The quantitative estimate of drug-likeness (QED) is 0.561. The molecule has 1 unspecified atom stereocenters. The van der Waals surface area contributed by atoms with Crippen LogP contribution in [0.3, 0.4) is 0 Å². The fourth-order valence-electron chi connectivity index (χ4n) is 3.07. The number of hydrogen-bond acceptors (Lipinski definition) is 2. The summed E-state index contributed by atoms with van der Waals surface area (Å²) in [5, 5.41) is 16.5. The van der Waals surface area contributed by atoms with Crippen LogP contribution in [0, 0.1) is 5.41 Å². The Balaban J connectivity index is 1.68. The molecule has 5 nitrogen and oxygen atoms in total. The van der Waals surface area contributed by atoms with Crippen LogP contribution in [0.15, 0.2) is 30.5 Å². The predicted molar refractivity (Wildman–Crippen MR) is 98.1 cm³/mol. The van der Waals surface area contributed by atoms with Gasteiger partial charge in [0, 0.05) is 30.2 Å². The topological polar surface area (TPSA) is 77.2 Å². The molecular weight excluding hydrogens is 302 g/mol. The van der Waals surface area contributed by atoms with Crippen LogP contribution in [0.25, 0.3) is 10.9 Å². The number of para-hydroxylation sites is 1. The van der Waals surface area contributed by atoms with E-state index >= 15 is 0 Å². The van der Waals surface area contributed by atoms with Crippen molar-refractivity contribution in [2.45, 2.75) is 46.1 Å². The Bertz CT molecular complexity index is 661. The zero-order valence-electron chi connectivity index (χ0n) is 14.9. The summed E-state index contributed by atoms with van der Waals surface area (Å²) in [4.78, 5) is 15.1. The van der Waals surface area contributed by atoms with Gasteiger partial charge in [-0.3, -0.25) is 0 Å². The maximum atomic E-state index is 11.9. The zero-order valence-corrected chi connectivity index (χ0v) is 14.9. The van der Waals surface area contributed by atoms with Gasteiger partial charge in [-0.15, -0.1) is 0 Å². The van der Waals surface area contributed by atoms with E-state index in [1.165, 1.54) is 10.9 Å². The average Bonchev–Trinajstić information content (AvgIpc) is 2.92. The number of aryl methyl sites for hydroxylation is 1. The molecule has 0 bridgehead atoms. The first kappa shape index (κ1) is 18.3. The molecular formula is C19H29N3O2. The fraction of sp³-hybridized carbons (Fsp3) is 0.526. The average molecular weight is 331 g/mol. The van der Waals surface area contributed by atoms with Crippen LogP contribution >= 0.6 is 0 Å². The minimum atomic E-state index is -0.360. The van der Waals surface area contributed by atoms with Gasteiger partial charge in [-0.25, -0.2) is 4.79 Å². The normalized spacial score (nSPS) is 13.0. The zero-order chi connectivity index (χ0) is 17.6. The molecule has 2 aromatic rings. The third-order valence-corrected chi connectivity index (χ3v) is 4.16. The highest BCUT2D eigenvalue weighted by Crippen LogP contribution is 2.21. The first-order valence-electron chi connectivity index (χ1n) is 8.62. The fourth-order valence-corrected chi connectivity index (χ4v) is 3.07. The van der Waals surface area contributed by atoms with E-state index in [4.69, 9.17) is 0 Å². The first-order chi connectivity index (χ1) is 11.4. The van der Waals surface area contributed by atoms with Gasteiger partial charge in [0.2, 0.25) is 0 Å². The summed E-state index contributed by atoms with van der Waals surface area (Å²) in [6, 6.07) is 8.10. The number of fused-ring (bicyclic) bond motifs is 1. The van der Waals surface area contributed by atoms with Crippen molar-refractivity contribution in [3.8, 4) is 0 Å². The molecule has 0 saturated heterocycles. The number of aliphatic hydroxyl groups excluding tert-OH is 1. The molecule has 0 aliphatic heterocycles. The van der Waals surface area contributed by atoms with Gasteiger partial charge in [0.05, 0.1) is 6.10 Å². The molecule has 0 aliphatic carbocycles. The van der Waals surface area contributed by atoms with Crippen molar-refractivity contribution < 1.29 is 9.90 Å². The first-order valence-corrected chi connectivity index (χ1v) is 8.62. The van der Waals surface area contributed by atoms with Crippen molar-refractivity contribution >= 4 is 16.9 Å². The van der Waals surface area contributed by atoms with Gasteiger partial charge in [-0.2, -0.15) is 0 Å². The van der Waals surface area contributed by atoms with E-state index in [1.54, 1.807) is 6.92 Å². The molecule has 2 rings (SSSR count). The number of H-pyrrole nitrogens is 1. The second kappa shape index (κ2) is 8.20. The summed E-state index contributed by atoms with van der Waals surface area (Å²) in [7, 11) is 0. The van der Waals surface area contributed by atoms with E-state index in [9.17, 15) is 9.90 Å². The maximum absolute atomic E-state index is 11.9. The van der Waals surface area contributed by atoms with Crippen molar-refractivity contribution in [3.63, 3.8) is 0 Å². The van der Waals surface area contributed by atoms with E-state index in [-0.39, 0.29) is 17.6 Å². The third kappa shape index (κ3) is 5.57. The summed E-state index contributed by atoms with van der Waals surface area (Å²) in [5.41, 5.74) is 2.32. The van der Waals surface area contributed by atoms with Crippen LogP contribution in [-0.4, -0.2) is 35.3 Å². The minimum Gasteiger partial charge on any atom is -0.393 e. The Labute approximate surface area is 143 Å². The number of urea groups is 1. The summed E-state index contributed by atoms with van der Waals surface area (Å²) < 4.78 is 0. The number of amides is 2. The predicted octanol–water partition coefficient (Wildman–Crippen LogP) is 3.20. The summed E-state index contributed by atoms with van der Waals surface area (Å²) in [5.74, 6) is 0. The Hall–Kier alpha value is -2.01. The van der Waals surface area contributed by atoms with E-state index < -0.39 is 0 Å². The lowest BCUT2D eigenvalue weighted by Gasteiger charge is -2.26. The smallest absolute Gasteiger partial charge is 0.314 e. The second-order valence-electron chi connectivity index (χ2n) is 7.29. The van der Waals surface area contributed by atoms with E-state index in [0.717, 1.165) is 18.4 Å². The van der Waals surface area contributed by atoms with Gasteiger partial charge >= 0.3 is 6.03 Å². The van der Waals surface area contributed by atoms with Crippen LogP contribution < -0.4 is 10.6 Å². The molecule has 0 aliphatic rings. The van der Waals surface area contributed by atoms with Gasteiger partial charge < -0.3 is 20.7 Å². The third-order valence-electron chi connectivity index (χ3n) is 4.16. The molecule has 5 heteroatoms. The SMILES string of the molecule is CC(O)CC(C)(C)CNC(=O)NCCCc1c[nH]c2ccccc12. The number of aromatic amines is 1. The Morgan fingerprint density at radius 3 is 2.79 bits per heavy atom. The standard InChI is InChI=1S/C19H29N3O2/c1-14(23)11-19(2,3)13-22-18(24)20-10-6-7-15-12-21-17-9-5-4-8-16(15)17/h4-5,8-9,12,14,21,23H,6-7,10-11,13H2,1-3H3,(H2,20,22,24). The van der Waals surface area contributed by atoms with E-state index in [0.29, 0.717) is 19.5 Å². The molecule has 1 aromatic carbocycles. The molecule has 1 heterocycles. The summed E-state index contributed by atoms with van der Waals surface area (Å²) >= 11 is 0. The molecule has 0 fully saturated rings. The van der Waals surface area contributed by atoms with Crippen molar-refractivity contribution in [1.29, 1.82) is 0 Å². The van der Waals surface area contributed by atoms with Gasteiger partial charge in [-0.05, 0) is 43.2 Å². The molecule has 132 valence electrons. The number of rotatable bonds is 8. The Morgan fingerprint density at radius 1 is 1.29 bits per heavy atom. The monoisotopic (exact) mass is 331 g/mol. The molecule has 0 spiro atoms. The second-order valence-corrected chi connectivity index (χ2v) is 7.29. The number of hydrogen-bond donors (Lipinski definition) is 4. The van der Waals surface area contributed by atoms with Gasteiger partial charge in [0.15, 0.2) is 0 Å². The lowest BCUT2D eigenvalue weighted by molar-refractivity contribution is 0.129. The van der Waals surface area contributed by atoms with Crippen molar-refractivity contribution in [3.05, 3.63) is 36.0 Å². The highest BCUT2D eigenvalue weighted by molar-refractivity contribution is 5.83. The number of carbonyl (C=O) groups is 1. The number of nitrogens with one attached hydrogen (secondary N) is 3. The van der Waals surface area contributed by atoms with Crippen molar-refractivity contribution in [2.75, 3.05) is 13.1 Å². The molecule has 0 radical (unpaired) electrons. The lowest BCUT2D eigenvalue weighted by atomic mass is 9.87. The van der Waals surface area contributed by atoms with E-state index in [1.807, 2.05) is 32.2 Å². The summed E-state index contributed by atoms with van der Waals surface area (Å²) in [6.45, 7) is 7.04. The largest absolute Gasteiger partial charge is 0.393 e. The van der Waals surface area contributed by atoms with Gasteiger partial charge in [-0.1, -0.05) is 32.0 Å². The highest BCUT2D eigenvalue weighted by atomic mass is 16.3. The molecule has 24 heavy (non-hydrogen) atoms. The minimum absolute atomic E-state index is 0.116. The Morgan fingerprint density at radius 2 is 2.04 bits per heavy atom. The molecule has 2 amide bonds. The van der Waals surface area contributed by atoms with Crippen LogP contribution in [0.2, 0.25) is 0 Å². The number of carbonyl (C=O) groups excluding carboxylic acids is 1. The van der Waals surface area contributed by atoms with Crippen LogP contribution in [0.1, 0.15) is 39.2 Å². The molecule has 1 atom stereocenters. The van der Waals surface area contributed by atoms with Crippen molar-refractivity contribution in [1.82, 2.24) is 15.6 Å². The van der Waals surface area contributed by atoms with Crippen LogP contribution in [0.5, 0.6) is 0 Å². The maximum Gasteiger partial charge on any atom is 0.314 e. The molecule has 0 saturated carbocycles. The molecule has 1 aromatic heterocycles. The van der Waals surface area contributed by atoms with Crippen LogP contribution in [-0.2, 0) is 6.42 Å². The Kier molecular flexibility index (Phi) is 6.26. The van der Waals surface area contributed by atoms with Gasteiger partial charge in [0.25, 0.3) is 0 Å². The number of benzene rings is 1. The summed E-state index contributed by atoms with van der Waals surface area (Å²) in [6.07, 6.45) is 4.17. The molecule has 4 N–H and O–H groups in total. The van der Waals surface area contributed by atoms with Gasteiger partial charge in [0.1, 0.15) is 0 Å². The van der Waals surface area contributed by atoms with Crippen LogP contribution in [0.4, 0.5) is 4.79 Å². The number of aromatic nitrogens is 1.